The lowest BCUT2D eigenvalue weighted by Gasteiger charge is -2.36. The first-order valence-electron chi connectivity index (χ1n) is 9.66. The van der Waals surface area contributed by atoms with Crippen LogP contribution in [0.4, 0.5) is 5.95 Å². The van der Waals surface area contributed by atoms with Crippen LogP contribution in [0.15, 0.2) is 23.7 Å². The Kier molecular flexibility index (Phi) is 5.41. The van der Waals surface area contributed by atoms with Crippen molar-refractivity contribution in [3.8, 4) is 0 Å². The molecule has 1 fully saturated rings. The molecule has 144 valence electrons. The summed E-state index contributed by atoms with van der Waals surface area (Å²) in [6, 6.07) is 3.99. The first kappa shape index (κ1) is 18.4. The van der Waals surface area contributed by atoms with Gasteiger partial charge in [0.2, 0.25) is 11.9 Å². The molecule has 6 nitrogen and oxygen atoms in total. The van der Waals surface area contributed by atoms with Crippen LogP contribution in [0.1, 0.15) is 48.9 Å². The van der Waals surface area contributed by atoms with E-state index in [1.165, 1.54) is 0 Å². The van der Waals surface area contributed by atoms with Crippen molar-refractivity contribution in [1.29, 1.82) is 0 Å². The van der Waals surface area contributed by atoms with Gasteiger partial charge in [-0.25, -0.2) is 9.97 Å². The summed E-state index contributed by atoms with van der Waals surface area (Å²) in [5, 5.41) is 5.18. The minimum Gasteiger partial charge on any atom is -0.372 e. The second-order valence-electron chi connectivity index (χ2n) is 7.50. The number of nitrogens with zero attached hydrogens (tertiary/aromatic N) is 3. The number of aromatic nitrogens is 2. The highest BCUT2D eigenvalue weighted by Crippen LogP contribution is 2.30. The highest BCUT2D eigenvalue weighted by molar-refractivity contribution is 7.10. The number of amides is 1. The van der Waals surface area contributed by atoms with Crippen molar-refractivity contribution in [3.63, 3.8) is 0 Å². The average Bonchev–Trinajstić information content (AvgIpc) is 3.13. The standard InChI is InChI=1S/C20H26N4O2S/c1-13-11-24(12-14(2)26-13)20-21-10-16-17(6-3-7-18(16)23-20)22-19(25)9-15-5-4-8-27-15/h4-5,8,10,13-14,17H,3,6-7,9,11-12H2,1-2H3,(H,22,25)/t13-,14+,17-/m0/s1. The van der Waals surface area contributed by atoms with Crippen LogP contribution >= 0.6 is 11.3 Å². The van der Waals surface area contributed by atoms with Gasteiger partial charge < -0.3 is 15.0 Å². The molecular weight excluding hydrogens is 360 g/mol. The average molecular weight is 387 g/mol. The maximum absolute atomic E-state index is 12.4. The van der Waals surface area contributed by atoms with Crippen LogP contribution in [0.2, 0.25) is 0 Å². The molecule has 2 aliphatic rings. The van der Waals surface area contributed by atoms with Crippen molar-refractivity contribution < 1.29 is 9.53 Å². The Morgan fingerprint density at radius 3 is 2.93 bits per heavy atom. The molecule has 4 rings (SSSR count). The zero-order valence-corrected chi connectivity index (χ0v) is 16.7. The number of anilines is 1. The monoisotopic (exact) mass is 386 g/mol. The molecule has 0 unspecified atom stereocenters. The molecule has 2 aromatic heterocycles. The number of fused-ring (bicyclic) bond motifs is 1. The SMILES string of the molecule is C[C@@H]1CN(c2ncc3c(n2)CCC[C@@H]3NC(=O)Cc2cccs2)C[C@H](C)O1. The number of rotatable bonds is 4. The van der Waals surface area contributed by atoms with Gasteiger partial charge >= 0.3 is 0 Å². The smallest absolute Gasteiger partial charge is 0.225 e. The first-order valence-corrected chi connectivity index (χ1v) is 10.5. The Balaban J connectivity index is 1.47. The number of ether oxygens (including phenoxy) is 1. The number of aryl methyl sites for hydroxylation is 1. The van der Waals surface area contributed by atoms with Crippen molar-refractivity contribution in [3.05, 3.63) is 39.8 Å². The van der Waals surface area contributed by atoms with Crippen LogP contribution < -0.4 is 10.2 Å². The van der Waals surface area contributed by atoms with Crippen molar-refractivity contribution in [2.24, 2.45) is 0 Å². The van der Waals surface area contributed by atoms with E-state index in [-0.39, 0.29) is 24.2 Å². The lowest BCUT2D eigenvalue weighted by atomic mass is 9.92. The van der Waals surface area contributed by atoms with Gasteiger partial charge in [0.05, 0.1) is 30.4 Å². The summed E-state index contributed by atoms with van der Waals surface area (Å²) >= 11 is 1.62. The second kappa shape index (κ2) is 7.94. The topological polar surface area (TPSA) is 67.4 Å². The van der Waals surface area contributed by atoms with Gasteiger partial charge in [-0.15, -0.1) is 11.3 Å². The molecule has 1 aliphatic heterocycles. The van der Waals surface area contributed by atoms with Crippen LogP contribution in [0.25, 0.3) is 0 Å². The van der Waals surface area contributed by atoms with Gasteiger partial charge in [0.25, 0.3) is 0 Å². The van der Waals surface area contributed by atoms with Gasteiger partial charge in [0.1, 0.15) is 0 Å². The third-order valence-corrected chi connectivity index (χ3v) is 6.00. The second-order valence-corrected chi connectivity index (χ2v) is 8.54. The lowest BCUT2D eigenvalue weighted by Crippen LogP contribution is -2.46. The van der Waals surface area contributed by atoms with E-state index < -0.39 is 0 Å². The Morgan fingerprint density at radius 2 is 2.19 bits per heavy atom. The molecular formula is C20H26N4O2S. The normalized spacial score (nSPS) is 25.1. The van der Waals surface area contributed by atoms with Crippen molar-refractivity contribution in [2.75, 3.05) is 18.0 Å². The fourth-order valence-corrected chi connectivity index (χ4v) is 4.70. The summed E-state index contributed by atoms with van der Waals surface area (Å²) in [6.45, 7) is 5.79. The summed E-state index contributed by atoms with van der Waals surface area (Å²) in [5.74, 6) is 0.844. The molecule has 2 aromatic rings. The van der Waals surface area contributed by atoms with E-state index in [1.807, 2.05) is 23.7 Å². The van der Waals surface area contributed by atoms with E-state index in [2.05, 4.69) is 29.0 Å². The van der Waals surface area contributed by atoms with Crippen LogP contribution in [-0.4, -0.2) is 41.2 Å². The number of carbonyl (C=O) groups excluding carboxylic acids is 1. The summed E-state index contributed by atoms with van der Waals surface area (Å²) in [7, 11) is 0. The van der Waals surface area contributed by atoms with E-state index in [9.17, 15) is 4.79 Å². The van der Waals surface area contributed by atoms with E-state index in [0.29, 0.717) is 6.42 Å². The molecule has 3 heterocycles. The summed E-state index contributed by atoms with van der Waals surface area (Å²) in [4.78, 5) is 25.2. The Bertz CT molecular complexity index is 785. The highest BCUT2D eigenvalue weighted by Gasteiger charge is 2.27. The van der Waals surface area contributed by atoms with Gasteiger partial charge in [-0.2, -0.15) is 0 Å². The number of morpholine rings is 1. The molecule has 1 amide bonds. The van der Waals surface area contributed by atoms with Crippen LogP contribution in [-0.2, 0) is 22.4 Å². The maximum atomic E-state index is 12.4. The van der Waals surface area contributed by atoms with Crippen molar-refractivity contribution >= 4 is 23.2 Å². The number of hydrogen-bond donors (Lipinski definition) is 1. The molecule has 3 atom stereocenters. The first-order chi connectivity index (χ1) is 13.1. The van der Waals surface area contributed by atoms with Gasteiger partial charge in [-0.05, 0) is 44.6 Å². The van der Waals surface area contributed by atoms with E-state index in [1.54, 1.807) is 11.3 Å². The minimum absolute atomic E-state index is 0.0119. The van der Waals surface area contributed by atoms with Crippen LogP contribution in [0, 0.1) is 0 Å². The quantitative estimate of drug-likeness (QED) is 0.875. The fourth-order valence-electron chi connectivity index (χ4n) is 4.00. The van der Waals surface area contributed by atoms with Crippen LogP contribution in [0.5, 0.6) is 0 Å². The Hall–Kier alpha value is -1.99. The fraction of sp³-hybridized carbons (Fsp3) is 0.550. The maximum Gasteiger partial charge on any atom is 0.225 e. The molecule has 1 saturated heterocycles. The predicted molar refractivity (Wildman–Crippen MR) is 106 cm³/mol. The molecule has 1 aliphatic carbocycles. The summed E-state index contributed by atoms with van der Waals surface area (Å²) in [5.41, 5.74) is 2.14. The molecule has 0 radical (unpaired) electrons. The minimum atomic E-state index is 0.0119. The van der Waals surface area contributed by atoms with Gasteiger partial charge in [0, 0.05) is 29.7 Å². The van der Waals surface area contributed by atoms with Gasteiger partial charge in [-0.1, -0.05) is 6.07 Å². The third-order valence-electron chi connectivity index (χ3n) is 5.12. The third kappa shape index (κ3) is 4.30. The van der Waals surface area contributed by atoms with E-state index in [4.69, 9.17) is 9.72 Å². The molecule has 0 aromatic carbocycles. The highest BCUT2D eigenvalue weighted by atomic mass is 32.1. The van der Waals surface area contributed by atoms with Crippen molar-refractivity contribution in [2.45, 2.75) is 57.8 Å². The molecule has 0 spiro atoms. The molecule has 1 N–H and O–H groups in total. The van der Waals surface area contributed by atoms with E-state index >= 15 is 0 Å². The number of nitrogens with one attached hydrogen (secondary N) is 1. The zero-order valence-electron chi connectivity index (χ0n) is 15.9. The van der Waals surface area contributed by atoms with Crippen LogP contribution in [0.3, 0.4) is 0 Å². The molecule has 7 heteroatoms. The lowest BCUT2D eigenvalue weighted by molar-refractivity contribution is -0.121. The molecule has 27 heavy (non-hydrogen) atoms. The number of hydrogen-bond acceptors (Lipinski definition) is 6. The Morgan fingerprint density at radius 1 is 1.37 bits per heavy atom. The van der Waals surface area contributed by atoms with E-state index in [0.717, 1.165) is 54.4 Å². The Labute approximate surface area is 164 Å². The molecule has 0 bridgehead atoms. The summed E-state index contributed by atoms with van der Waals surface area (Å²) < 4.78 is 5.81. The zero-order chi connectivity index (χ0) is 18.8. The number of carbonyl (C=O) groups is 1. The number of thiophene rings is 1. The summed E-state index contributed by atoms with van der Waals surface area (Å²) in [6.07, 6.45) is 5.62. The largest absolute Gasteiger partial charge is 0.372 e. The molecule has 0 saturated carbocycles. The van der Waals surface area contributed by atoms with Crippen molar-refractivity contribution in [1.82, 2.24) is 15.3 Å². The van der Waals surface area contributed by atoms with Gasteiger partial charge in [-0.3, -0.25) is 4.79 Å². The predicted octanol–water partition coefficient (Wildman–Crippen LogP) is 2.89. The van der Waals surface area contributed by atoms with Gasteiger partial charge in [0.15, 0.2) is 0 Å².